The summed E-state index contributed by atoms with van der Waals surface area (Å²) in [5, 5.41) is 6.00. The maximum atomic E-state index is 11.8. The van der Waals surface area contributed by atoms with Gasteiger partial charge in [-0.25, -0.2) is 0 Å². The van der Waals surface area contributed by atoms with Crippen LogP contribution in [0.5, 0.6) is 0 Å². The van der Waals surface area contributed by atoms with Crippen molar-refractivity contribution < 1.29 is 13.9 Å². The lowest BCUT2D eigenvalue weighted by Gasteiger charge is -2.17. The lowest BCUT2D eigenvalue weighted by Crippen LogP contribution is -2.37. The third-order valence-corrected chi connectivity index (χ3v) is 3.06. The number of carbonyl (C=O) groups excluding carboxylic acids is 1. The Hall–Kier alpha value is -2.11. The summed E-state index contributed by atoms with van der Waals surface area (Å²) in [6.45, 7) is 1.23. The van der Waals surface area contributed by atoms with Crippen molar-refractivity contribution in [3.8, 4) is 0 Å². The zero-order valence-electron chi connectivity index (χ0n) is 12.0. The van der Waals surface area contributed by atoms with E-state index in [1.807, 2.05) is 42.5 Å². The number of methoxy groups -OCH3 is 1. The van der Waals surface area contributed by atoms with Gasteiger partial charge in [0.15, 0.2) is 0 Å². The van der Waals surface area contributed by atoms with Gasteiger partial charge in [0, 0.05) is 13.7 Å². The molecule has 0 aliphatic heterocycles. The van der Waals surface area contributed by atoms with Gasteiger partial charge in [0.1, 0.15) is 5.76 Å². The van der Waals surface area contributed by atoms with E-state index in [2.05, 4.69) is 10.6 Å². The van der Waals surface area contributed by atoms with Crippen LogP contribution in [-0.4, -0.2) is 32.7 Å². The first-order chi connectivity index (χ1) is 10.3. The fourth-order valence-electron chi connectivity index (χ4n) is 2.03. The fraction of sp³-hybridized carbons (Fsp3) is 0.312. The van der Waals surface area contributed by atoms with Crippen molar-refractivity contribution in [1.82, 2.24) is 10.6 Å². The number of ether oxygens (including phenoxy) is 1. The Kier molecular flexibility index (Phi) is 5.99. The van der Waals surface area contributed by atoms with Crippen LogP contribution in [-0.2, 0) is 9.53 Å². The van der Waals surface area contributed by atoms with Crippen molar-refractivity contribution in [3.05, 3.63) is 60.1 Å². The Balaban J connectivity index is 1.96. The second-order valence-corrected chi connectivity index (χ2v) is 4.58. The topological polar surface area (TPSA) is 63.5 Å². The number of benzene rings is 1. The molecule has 5 heteroatoms. The van der Waals surface area contributed by atoms with Crippen LogP contribution < -0.4 is 10.6 Å². The molecule has 0 aliphatic carbocycles. The molecule has 2 aromatic rings. The summed E-state index contributed by atoms with van der Waals surface area (Å²) in [7, 11) is 1.60. The van der Waals surface area contributed by atoms with Gasteiger partial charge in [-0.2, -0.15) is 0 Å². The molecule has 1 unspecified atom stereocenters. The summed E-state index contributed by atoms with van der Waals surface area (Å²) >= 11 is 0. The van der Waals surface area contributed by atoms with Gasteiger partial charge in [-0.3, -0.25) is 10.1 Å². The number of furan rings is 1. The minimum absolute atomic E-state index is 0.0699. The molecular weight excluding hydrogens is 268 g/mol. The highest BCUT2D eigenvalue weighted by molar-refractivity contribution is 5.78. The predicted octanol–water partition coefficient (Wildman–Crippen LogP) is 1.72. The minimum atomic E-state index is -0.144. The molecule has 0 radical (unpaired) electrons. The molecule has 0 saturated heterocycles. The molecule has 1 aromatic carbocycles. The molecule has 0 bridgehead atoms. The Labute approximate surface area is 124 Å². The van der Waals surface area contributed by atoms with Crippen molar-refractivity contribution in [2.45, 2.75) is 6.04 Å². The SMILES string of the molecule is COCCNC(=O)CNC(c1ccccc1)c1ccco1. The van der Waals surface area contributed by atoms with E-state index in [1.54, 1.807) is 13.4 Å². The van der Waals surface area contributed by atoms with Gasteiger partial charge in [-0.1, -0.05) is 30.3 Å². The summed E-state index contributed by atoms with van der Waals surface area (Å²) < 4.78 is 10.4. The number of hydrogen-bond acceptors (Lipinski definition) is 4. The van der Waals surface area contributed by atoms with Crippen molar-refractivity contribution in [3.63, 3.8) is 0 Å². The molecule has 1 amide bonds. The standard InChI is InChI=1S/C16H20N2O3/c1-20-11-9-17-15(19)12-18-16(14-8-5-10-21-14)13-6-3-2-4-7-13/h2-8,10,16,18H,9,11-12H2,1H3,(H,17,19). The van der Waals surface area contributed by atoms with Gasteiger partial charge in [-0.15, -0.1) is 0 Å². The van der Waals surface area contributed by atoms with E-state index in [-0.39, 0.29) is 18.5 Å². The van der Waals surface area contributed by atoms with E-state index in [4.69, 9.17) is 9.15 Å². The molecular formula is C16H20N2O3. The summed E-state index contributed by atoms with van der Waals surface area (Å²) in [5.41, 5.74) is 1.05. The average Bonchev–Trinajstić information content (AvgIpc) is 3.03. The molecule has 0 aliphatic rings. The highest BCUT2D eigenvalue weighted by Gasteiger charge is 2.17. The zero-order chi connectivity index (χ0) is 14.9. The molecule has 2 rings (SSSR count). The average molecular weight is 288 g/mol. The Morgan fingerprint density at radius 2 is 2.05 bits per heavy atom. The molecule has 0 fully saturated rings. The van der Waals surface area contributed by atoms with Crippen LogP contribution in [0.3, 0.4) is 0 Å². The second kappa shape index (κ2) is 8.24. The maximum absolute atomic E-state index is 11.8. The highest BCUT2D eigenvalue weighted by Crippen LogP contribution is 2.21. The van der Waals surface area contributed by atoms with E-state index in [0.717, 1.165) is 11.3 Å². The maximum Gasteiger partial charge on any atom is 0.234 e. The Morgan fingerprint density at radius 3 is 2.71 bits per heavy atom. The fourth-order valence-corrected chi connectivity index (χ4v) is 2.03. The van der Waals surface area contributed by atoms with Crippen molar-refractivity contribution in [2.24, 2.45) is 0 Å². The summed E-state index contributed by atoms with van der Waals surface area (Å²) in [4.78, 5) is 11.8. The monoisotopic (exact) mass is 288 g/mol. The summed E-state index contributed by atoms with van der Waals surface area (Å²) in [5.74, 6) is 0.713. The van der Waals surface area contributed by atoms with Crippen LogP contribution in [0.25, 0.3) is 0 Å². The predicted molar refractivity (Wildman–Crippen MR) is 79.9 cm³/mol. The van der Waals surface area contributed by atoms with Crippen molar-refractivity contribution in [1.29, 1.82) is 0 Å². The number of carbonyl (C=O) groups is 1. The van der Waals surface area contributed by atoms with Gasteiger partial charge < -0.3 is 14.5 Å². The van der Waals surface area contributed by atoms with E-state index in [0.29, 0.717) is 13.2 Å². The third-order valence-electron chi connectivity index (χ3n) is 3.06. The lowest BCUT2D eigenvalue weighted by atomic mass is 10.0. The zero-order valence-corrected chi connectivity index (χ0v) is 12.0. The first-order valence-electron chi connectivity index (χ1n) is 6.88. The first-order valence-corrected chi connectivity index (χ1v) is 6.88. The molecule has 1 atom stereocenters. The minimum Gasteiger partial charge on any atom is -0.467 e. The summed E-state index contributed by atoms with van der Waals surface area (Å²) in [6.07, 6.45) is 1.63. The van der Waals surface area contributed by atoms with Crippen molar-refractivity contribution >= 4 is 5.91 Å². The van der Waals surface area contributed by atoms with Crippen LogP contribution in [0.15, 0.2) is 53.1 Å². The normalized spacial score (nSPS) is 12.0. The van der Waals surface area contributed by atoms with Gasteiger partial charge in [-0.05, 0) is 17.7 Å². The highest BCUT2D eigenvalue weighted by atomic mass is 16.5. The quantitative estimate of drug-likeness (QED) is 0.726. The number of amides is 1. The molecule has 2 N–H and O–H groups in total. The molecule has 1 heterocycles. The molecule has 5 nitrogen and oxygen atoms in total. The number of hydrogen-bond donors (Lipinski definition) is 2. The molecule has 112 valence electrons. The third kappa shape index (κ3) is 4.73. The van der Waals surface area contributed by atoms with Gasteiger partial charge in [0.2, 0.25) is 5.91 Å². The lowest BCUT2D eigenvalue weighted by molar-refractivity contribution is -0.120. The number of rotatable bonds is 8. The van der Waals surface area contributed by atoms with Crippen LogP contribution in [0, 0.1) is 0 Å². The Morgan fingerprint density at radius 1 is 1.24 bits per heavy atom. The van der Waals surface area contributed by atoms with Crippen LogP contribution in [0.1, 0.15) is 17.4 Å². The van der Waals surface area contributed by atoms with Crippen molar-refractivity contribution in [2.75, 3.05) is 26.8 Å². The largest absolute Gasteiger partial charge is 0.467 e. The molecule has 0 spiro atoms. The summed E-state index contributed by atoms with van der Waals surface area (Å²) in [6, 6.07) is 13.5. The van der Waals surface area contributed by atoms with Crippen LogP contribution in [0.2, 0.25) is 0 Å². The van der Waals surface area contributed by atoms with E-state index < -0.39 is 0 Å². The van der Waals surface area contributed by atoms with Gasteiger partial charge in [0.05, 0.1) is 25.5 Å². The van der Waals surface area contributed by atoms with E-state index in [9.17, 15) is 4.79 Å². The molecule has 21 heavy (non-hydrogen) atoms. The van der Waals surface area contributed by atoms with Gasteiger partial charge in [0.25, 0.3) is 0 Å². The first kappa shape index (κ1) is 15.3. The smallest absolute Gasteiger partial charge is 0.234 e. The van der Waals surface area contributed by atoms with Crippen LogP contribution >= 0.6 is 0 Å². The number of nitrogens with one attached hydrogen (secondary N) is 2. The van der Waals surface area contributed by atoms with E-state index >= 15 is 0 Å². The van der Waals surface area contributed by atoms with Gasteiger partial charge >= 0.3 is 0 Å². The second-order valence-electron chi connectivity index (χ2n) is 4.58. The molecule has 0 saturated carbocycles. The van der Waals surface area contributed by atoms with Crippen LogP contribution in [0.4, 0.5) is 0 Å². The molecule has 1 aromatic heterocycles. The van der Waals surface area contributed by atoms with E-state index in [1.165, 1.54) is 0 Å². The Bertz CT molecular complexity index is 526.